The van der Waals surface area contributed by atoms with Gasteiger partial charge in [0.1, 0.15) is 5.54 Å². The first-order valence-corrected chi connectivity index (χ1v) is 7.27. The molecule has 0 saturated carbocycles. The van der Waals surface area contributed by atoms with Crippen LogP contribution in [-0.4, -0.2) is 29.4 Å². The summed E-state index contributed by atoms with van der Waals surface area (Å²) in [6.45, 7) is 7.94. The van der Waals surface area contributed by atoms with Crippen LogP contribution in [-0.2, 0) is 10.3 Å². The van der Waals surface area contributed by atoms with Crippen LogP contribution >= 0.6 is 0 Å². The first-order chi connectivity index (χ1) is 9.79. The van der Waals surface area contributed by atoms with Crippen LogP contribution in [0.5, 0.6) is 0 Å². The highest BCUT2D eigenvalue weighted by Crippen LogP contribution is 2.30. The third kappa shape index (κ3) is 2.65. The molecule has 1 aliphatic rings. The molecule has 3 N–H and O–H groups in total. The van der Waals surface area contributed by atoms with Gasteiger partial charge in [0.25, 0.3) is 5.91 Å². The van der Waals surface area contributed by atoms with E-state index in [0.29, 0.717) is 0 Å². The molecule has 2 rings (SSSR count). The third-order valence-electron chi connectivity index (χ3n) is 4.30. The highest BCUT2D eigenvalue weighted by Gasteiger charge is 2.49. The molecule has 0 bridgehead atoms. The van der Waals surface area contributed by atoms with Crippen molar-refractivity contribution in [1.29, 1.82) is 0 Å². The summed E-state index contributed by atoms with van der Waals surface area (Å²) >= 11 is 0. The second-order valence-corrected chi connectivity index (χ2v) is 5.94. The van der Waals surface area contributed by atoms with E-state index < -0.39 is 5.54 Å². The molecule has 1 aromatic carbocycles. The lowest BCUT2D eigenvalue weighted by molar-refractivity contribution is -0.131. The van der Waals surface area contributed by atoms with E-state index in [2.05, 4.69) is 5.32 Å². The van der Waals surface area contributed by atoms with Gasteiger partial charge < -0.3 is 11.1 Å². The Labute approximate surface area is 125 Å². The smallest absolute Gasteiger partial charge is 0.325 e. The monoisotopic (exact) mass is 289 g/mol. The Bertz CT molecular complexity index is 585. The lowest BCUT2D eigenvalue weighted by Crippen LogP contribution is -2.43. The van der Waals surface area contributed by atoms with Gasteiger partial charge in [-0.1, -0.05) is 25.1 Å². The molecule has 1 saturated heterocycles. The average Bonchev–Trinajstić information content (AvgIpc) is 2.66. The van der Waals surface area contributed by atoms with E-state index in [0.717, 1.165) is 23.1 Å². The molecule has 21 heavy (non-hydrogen) atoms. The Hall–Kier alpha value is -1.88. The quantitative estimate of drug-likeness (QED) is 0.830. The fourth-order valence-corrected chi connectivity index (χ4v) is 2.47. The summed E-state index contributed by atoms with van der Waals surface area (Å²) in [4.78, 5) is 26.0. The van der Waals surface area contributed by atoms with Gasteiger partial charge >= 0.3 is 6.03 Å². The van der Waals surface area contributed by atoms with E-state index in [-0.39, 0.29) is 24.5 Å². The number of imide groups is 1. The summed E-state index contributed by atoms with van der Waals surface area (Å²) in [5.74, 6) is -0.236. The van der Waals surface area contributed by atoms with Crippen LogP contribution < -0.4 is 11.1 Å². The maximum Gasteiger partial charge on any atom is 0.325 e. The Morgan fingerprint density at radius 2 is 1.95 bits per heavy atom. The van der Waals surface area contributed by atoms with Gasteiger partial charge in [-0.15, -0.1) is 0 Å². The molecule has 1 aromatic rings. The molecule has 0 spiro atoms. The summed E-state index contributed by atoms with van der Waals surface area (Å²) < 4.78 is 0. The molecule has 2 unspecified atom stereocenters. The SMILES string of the molecule is CCC(N)CN1C(=O)NC(C)(c2ccc(C)c(C)c2)C1=O. The van der Waals surface area contributed by atoms with Gasteiger partial charge in [-0.3, -0.25) is 9.69 Å². The normalized spacial score (nSPS) is 23.4. The van der Waals surface area contributed by atoms with E-state index in [4.69, 9.17) is 5.73 Å². The second-order valence-electron chi connectivity index (χ2n) is 5.94. The van der Waals surface area contributed by atoms with Crippen molar-refractivity contribution >= 4 is 11.9 Å². The molecule has 2 atom stereocenters. The Morgan fingerprint density at radius 3 is 2.52 bits per heavy atom. The summed E-state index contributed by atoms with van der Waals surface area (Å²) in [5, 5.41) is 2.80. The highest BCUT2D eigenvalue weighted by atomic mass is 16.2. The van der Waals surface area contributed by atoms with E-state index in [1.165, 1.54) is 4.90 Å². The molecule has 3 amide bonds. The van der Waals surface area contributed by atoms with Crippen LogP contribution in [0.1, 0.15) is 37.0 Å². The lowest BCUT2D eigenvalue weighted by Gasteiger charge is -2.23. The van der Waals surface area contributed by atoms with Gasteiger partial charge in [0.05, 0.1) is 0 Å². The maximum atomic E-state index is 12.7. The lowest BCUT2D eigenvalue weighted by atomic mass is 9.89. The fourth-order valence-electron chi connectivity index (χ4n) is 2.47. The van der Waals surface area contributed by atoms with Gasteiger partial charge in [-0.05, 0) is 43.9 Å². The number of urea groups is 1. The standard InChI is InChI=1S/C16H23N3O2/c1-5-13(17)9-19-14(20)16(4,18-15(19)21)12-7-6-10(2)11(3)8-12/h6-8,13H,5,9,17H2,1-4H3,(H,18,21). The molecule has 0 aliphatic carbocycles. The van der Waals surface area contributed by atoms with Crippen LogP contribution in [0.4, 0.5) is 4.79 Å². The van der Waals surface area contributed by atoms with Gasteiger partial charge in [-0.2, -0.15) is 0 Å². The zero-order valence-corrected chi connectivity index (χ0v) is 13.1. The predicted molar refractivity (Wildman–Crippen MR) is 81.8 cm³/mol. The van der Waals surface area contributed by atoms with Gasteiger partial charge in [-0.25, -0.2) is 4.79 Å². The van der Waals surface area contributed by atoms with E-state index in [1.807, 2.05) is 39.0 Å². The first-order valence-electron chi connectivity index (χ1n) is 7.27. The van der Waals surface area contributed by atoms with Crippen molar-refractivity contribution in [3.63, 3.8) is 0 Å². The van der Waals surface area contributed by atoms with Crippen LogP contribution in [0.25, 0.3) is 0 Å². The highest BCUT2D eigenvalue weighted by molar-refractivity contribution is 6.07. The molecule has 1 fully saturated rings. The van der Waals surface area contributed by atoms with Crippen LogP contribution in [0, 0.1) is 13.8 Å². The summed E-state index contributed by atoms with van der Waals surface area (Å²) in [6, 6.07) is 5.25. The van der Waals surface area contributed by atoms with Crippen LogP contribution in [0.3, 0.4) is 0 Å². The number of rotatable bonds is 4. The van der Waals surface area contributed by atoms with Gasteiger partial charge in [0.15, 0.2) is 0 Å². The number of nitrogens with one attached hydrogen (secondary N) is 1. The molecule has 1 heterocycles. The van der Waals surface area contributed by atoms with Crippen LogP contribution in [0.15, 0.2) is 18.2 Å². The number of nitrogens with two attached hydrogens (primary N) is 1. The molecule has 114 valence electrons. The zero-order chi connectivity index (χ0) is 15.8. The zero-order valence-electron chi connectivity index (χ0n) is 13.1. The molecule has 1 aliphatic heterocycles. The minimum absolute atomic E-state index is 0.193. The van der Waals surface area contributed by atoms with Crippen molar-refractivity contribution < 1.29 is 9.59 Å². The number of nitrogens with zero attached hydrogens (tertiary/aromatic N) is 1. The summed E-state index contributed by atoms with van der Waals surface area (Å²) in [7, 11) is 0. The summed E-state index contributed by atoms with van der Waals surface area (Å²) in [5.41, 5.74) is 7.92. The summed E-state index contributed by atoms with van der Waals surface area (Å²) in [6.07, 6.45) is 0.720. The van der Waals surface area contributed by atoms with Crippen molar-refractivity contribution in [3.8, 4) is 0 Å². The molecular weight excluding hydrogens is 266 g/mol. The minimum Gasteiger partial charge on any atom is -0.326 e. The number of carbonyl (C=O) groups excluding carboxylic acids is 2. The van der Waals surface area contributed by atoms with Crippen molar-refractivity contribution in [2.45, 2.75) is 45.7 Å². The van der Waals surface area contributed by atoms with Crippen molar-refractivity contribution in [1.82, 2.24) is 10.2 Å². The Balaban J connectivity index is 2.33. The number of benzene rings is 1. The van der Waals surface area contributed by atoms with E-state index in [9.17, 15) is 9.59 Å². The molecule has 5 heteroatoms. The van der Waals surface area contributed by atoms with Crippen LogP contribution in [0.2, 0.25) is 0 Å². The maximum absolute atomic E-state index is 12.7. The second kappa shape index (κ2) is 5.48. The minimum atomic E-state index is -1.01. The third-order valence-corrected chi connectivity index (χ3v) is 4.30. The van der Waals surface area contributed by atoms with Gasteiger partial charge in [0, 0.05) is 12.6 Å². The number of aryl methyl sites for hydroxylation is 2. The Morgan fingerprint density at radius 1 is 1.29 bits per heavy atom. The molecular formula is C16H23N3O2. The van der Waals surface area contributed by atoms with Crippen molar-refractivity contribution in [3.05, 3.63) is 34.9 Å². The first kappa shape index (κ1) is 15.5. The number of hydrogen-bond acceptors (Lipinski definition) is 3. The average molecular weight is 289 g/mol. The van der Waals surface area contributed by atoms with E-state index >= 15 is 0 Å². The fraction of sp³-hybridized carbons (Fsp3) is 0.500. The molecule has 0 radical (unpaired) electrons. The predicted octanol–water partition coefficient (Wildman–Crippen LogP) is 1.81. The molecule has 5 nitrogen and oxygen atoms in total. The largest absolute Gasteiger partial charge is 0.326 e. The number of hydrogen-bond donors (Lipinski definition) is 2. The number of amides is 3. The number of carbonyl (C=O) groups is 2. The van der Waals surface area contributed by atoms with Crippen molar-refractivity contribution in [2.24, 2.45) is 5.73 Å². The van der Waals surface area contributed by atoms with Gasteiger partial charge in [0.2, 0.25) is 0 Å². The Kier molecular flexibility index (Phi) is 4.05. The topological polar surface area (TPSA) is 75.4 Å². The van der Waals surface area contributed by atoms with E-state index in [1.54, 1.807) is 6.92 Å². The molecule has 0 aromatic heterocycles. The van der Waals surface area contributed by atoms with Crippen molar-refractivity contribution in [2.75, 3.05) is 6.54 Å².